The largest absolute Gasteiger partial charge is 0.508 e. The van der Waals surface area contributed by atoms with Gasteiger partial charge in [-0.3, -0.25) is 0 Å². The molecule has 4 heteroatoms. The molecule has 0 fully saturated rings. The number of hydrogen-bond donors (Lipinski definition) is 2. The molecular weight excluding hydrogens is 220 g/mol. The lowest BCUT2D eigenvalue weighted by Crippen LogP contribution is -2.05. The van der Waals surface area contributed by atoms with Gasteiger partial charge in [0.25, 0.3) is 0 Å². The van der Waals surface area contributed by atoms with E-state index in [0.717, 1.165) is 6.42 Å². The van der Waals surface area contributed by atoms with Crippen LogP contribution in [0.15, 0.2) is 24.3 Å². The maximum Gasteiger partial charge on any atom is 0.338 e. The Hall–Kier alpha value is -1.55. The Morgan fingerprint density at radius 1 is 1.29 bits per heavy atom. The second kappa shape index (κ2) is 8.58. The van der Waals surface area contributed by atoms with Crippen LogP contribution in [0.4, 0.5) is 0 Å². The SMILES string of the molecule is CC(C)O.CCCOC(=O)c1ccc(O)cc1. The third-order valence-corrected chi connectivity index (χ3v) is 1.54. The van der Waals surface area contributed by atoms with Crippen LogP contribution in [0.2, 0.25) is 0 Å². The minimum absolute atomic E-state index is 0.145. The van der Waals surface area contributed by atoms with Crippen molar-refractivity contribution in [3.63, 3.8) is 0 Å². The number of carbonyl (C=O) groups is 1. The summed E-state index contributed by atoms with van der Waals surface area (Å²) >= 11 is 0. The predicted octanol–water partition coefficient (Wildman–Crippen LogP) is 2.35. The summed E-state index contributed by atoms with van der Waals surface area (Å²) in [6, 6.07) is 5.99. The molecule has 0 aliphatic heterocycles. The van der Waals surface area contributed by atoms with E-state index < -0.39 is 0 Å². The Morgan fingerprint density at radius 3 is 2.18 bits per heavy atom. The number of esters is 1. The quantitative estimate of drug-likeness (QED) is 0.796. The monoisotopic (exact) mass is 240 g/mol. The van der Waals surface area contributed by atoms with E-state index in [2.05, 4.69) is 0 Å². The average molecular weight is 240 g/mol. The van der Waals surface area contributed by atoms with Gasteiger partial charge in [-0.25, -0.2) is 4.79 Å². The standard InChI is InChI=1S/C10H12O3.C3H8O/c1-2-7-13-10(12)8-3-5-9(11)6-4-8;1-3(2)4/h3-6,11H,2,7H2,1H3;3-4H,1-2H3. The van der Waals surface area contributed by atoms with Gasteiger partial charge in [-0.1, -0.05) is 6.92 Å². The third-order valence-electron chi connectivity index (χ3n) is 1.54. The Labute approximate surface area is 102 Å². The number of ether oxygens (including phenoxy) is 1. The fourth-order valence-corrected chi connectivity index (χ4v) is 0.876. The molecule has 0 atom stereocenters. The zero-order chi connectivity index (χ0) is 13.3. The van der Waals surface area contributed by atoms with E-state index in [0.29, 0.717) is 12.2 Å². The molecule has 4 nitrogen and oxygen atoms in total. The lowest BCUT2D eigenvalue weighted by atomic mass is 10.2. The summed E-state index contributed by atoms with van der Waals surface area (Å²) < 4.78 is 4.90. The predicted molar refractivity (Wildman–Crippen MR) is 66.0 cm³/mol. The first-order valence-electron chi connectivity index (χ1n) is 5.61. The van der Waals surface area contributed by atoms with Gasteiger partial charge in [0.15, 0.2) is 0 Å². The van der Waals surface area contributed by atoms with E-state index in [1.165, 1.54) is 24.3 Å². The molecule has 0 spiro atoms. The summed E-state index contributed by atoms with van der Waals surface area (Å²) in [6.07, 6.45) is 0.643. The molecule has 0 aliphatic carbocycles. The van der Waals surface area contributed by atoms with Crippen LogP contribution in [0.25, 0.3) is 0 Å². The van der Waals surface area contributed by atoms with Crippen LogP contribution < -0.4 is 0 Å². The minimum atomic E-state index is -0.346. The van der Waals surface area contributed by atoms with Crippen LogP contribution in [0, 0.1) is 0 Å². The Kier molecular flexibility index (Phi) is 7.80. The number of aliphatic hydroxyl groups excluding tert-OH is 1. The number of phenols is 1. The molecule has 2 N–H and O–H groups in total. The molecule has 0 saturated carbocycles. The fraction of sp³-hybridized carbons (Fsp3) is 0.462. The smallest absolute Gasteiger partial charge is 0.338 e. The Bertz CT molecular complexity index is 314. The molecule has 96 valence electrons. The molecule has 0 aliphatic rings. The average Bonchev–Trinajstić information content (AvgIpc) is 2.26. The van der Waals surface area contributed by atoms with Crippen LogP contribution in [0.5, 0.6) is 5.75 Å². The van der Waals surface area contributed by atoms with Crippen molar-refractivity contribution in [2.24, 2.45) is 0 Å². The van der Waals surface area contributed by atoms with Crippen molar-refractivity contribution in [2.75, 3.05) is 6.61 Å². The van der Waals surface area contributed by atoms with Crippen molar-refractivity contribution in [1.82, 2.24) is 0 Å². The topological polar surface area (TPSA) is 66.8 Å². The van der Waals surface area contributed by atoms with Crippen LogP contribution in [0.3, 0.4) is 0 Å². The highest BCUT2D eigenvalue weighted by atomic mass is 16.5. The van der Waals surface area contributed by atoms with E-state index in [1.807, 2.05) is 6.92 Å². The van der Waals surface area contributed by atoms with E-state index in [4.69, 9.17) is 14.9 Å². The van der Waals surface area contributed by atoms with Crippen molar-refractivity contribution in [1.29, 1.82) is 0 Å². The number of carbonyl (C=O) groups excluding carboxylic acids is 1. The highest BCUT2D eigenvalue weighted by molar-refractivity contribution is 5.89. The van der Waals surface area contributed by atoms with Crippen molar-refractivity contribution in [2.45, 2.75) is 33.3 Å². The normalized spacial score (nSPS) is 9.47. The van der Waals surface area contributed by atoms with Crippen LogP contribution in [-0.4, -0.2) is 28.9 Å². The van der Waals surface area contributed by atoms with Gasteiger partial charge < -0.3 is 14.9 Å². The fourth-order valence-electron chi connectivity index (χ4n) is 0.876. The molecule has 0 bridgehead atoms. The number of aliphatic hydroxyl groups is 1. The molecule has 0 heterocycles. The van der Waals surface area contributed by atoms with Gasteiger partial charge in [0, 0.05) is 6.10 Å². The van der Waals surface area contributed by atoms with Gasteiger partial charge in [0.05, 0.1) is 12.2 Å². The van der Waals surface area contributed by atoms with Crippen molar-refractivity contribution in [3.8, 4) is 5.75 Å². The van der Waals surface area contributed by atoms with Gasteiger partial charge in [-0.2, -0.15) is 0 Å². The number of phenolic OH excluding ortho intramolecular Hbond substituents is 1. The van der Waals surface area contributed by atoms with E-state index in [-0.39, 0.29) is 17.8 Å². The summed E-state index contributed by atoms with van der Waals surface area (Å²) in [5.74, 6) is -0.200. The Balaban J connectivity index is 0.000000557. The van der Waals surface area contributed by atoms with Gasteiger partial charge in [0.1, 0.15) is 5.75 Å². The lowest BCUT2D eigenvalue weighted by Gasteiger charge is -2.02. The van der Waals surface area contributed by atoms with Gasteiger partial charge in [0.2, 0.25) is 0 Å². The minimum Gasteiger partial charge on any atom is -0.508 e. The van der Waals surface area contributed by atoms with Gasteiger partial charge >= 0.3 is 5.97 Å². The van der Waals surface area contributed by atoms with Crippen molar-refractivity contribution in [3.05, 3.63) is 29.8 Å². The molecular formula is C13H20O4. The van der Waals surface area contributed by atoms with E-state index >= 15 is 0 Å². The molecule has 1 aromatic carbocycles. The molecule has 0 saturated heterocycles. The second-order valence-corrected chi connectivity index (χ2v) is 3.78. The Morgan fingerprint density at radius 2 is 1.76 bits per heavy atom. The van der Waals surface area contributed by atoms with Crippen LogP contribution >= 0.6 is 0 Å². The molecule has 0 radical (unpaired) electrons. The molecule has 17 heavy (non-hydrogen) atoms. The van der Waals surface area contributed by atoms with E-state index in [9.17, 15) is 4.79 Å². The first kappa shape index (κ1) is 15.4. The highest BCUT2D eigenvalue weighted by Gasteiger charge is 2.05. The summed E-state index contributed by atoms with van der Waals surface area (Å²) in [5, 5.41) is 17.0. The molecule has 0 amide bonds. The molecule has 1 aromatic rings. The van der Waals surface area contributed by atoms with Crippen LogP contribution in [0.1, 0.15) is 37.6 Å². The summed E-state index contributed by atoms with van der Waals surface area (Å²) in [6.45, 7) is 5.81. The zero-order valence-corrected chi connectivity index (χ0v) is 10.5. The van der Waals surface area contributed by atoms with Crippen molar-refractivity contribution < 1.29 is 19.7 Å². The summed E-state index contributed by atoms with van der Waals surface area (Å²) in [5.41, 5.74) is 0.464. The van der Waals surface area contributed by atoms with E-state index in [1.54, 1.807) is 13.8 Å². The van der Waals surface area contributed by atoms with Gasteiger partial charge in [-0.15, -0.1) is 0 Å². The number of hydrogen-bond acceptors (Lipinski definition) is 4. The molecule has 1 rings (SSSR count). The third kappa shape index (κ3) is 8.28. The van der Waals surface area contributed by atoms with Crippen molar-refractivity contribution >= 4 is 5.97 Å². The highest BCUT2D eigenvalue weighted by Crippen LogP contribution is 2.10. The number of rotatable bonds is 3. The number of benzene rings is 1. The lowest BCUT2D eigenvalue weighted by molar-refractivity contribution is 0.0505. The maximum absolute atomic E-state index is 11.2. The zero-order valence-electron chi connectivity index (χ0n) is 10.5. The molecule has 0 aromatic heterocycles. The first-order chi connectivity index (χ1) is 7.97. The van der Waals surface area contributed by atoms with Gasteiger partial charge in [-0.05, 0) is 44.5 Å². The second-order valence-electron chi connectivity index (χ2n) is 3.78. The summed E-state index contributed by atoms with van der Waals surface area (Å²) in [7, 11) is 0. The molecule has 0 unspecified atom stereocenters. The first-order valence-corrected chi connectivity index (χ1v) is 5.61. The number of aromatic hydroxyl groups is 1. The van der Waals surface area contributed by atoms with Crippen LogP contribution in [-0.2, 0) is 4.74 Å². The maximum atomic E-state index is 11.2. The summed E-state index contributed by atoms with van der Waals surface area (Å²) in [4.78, 5) is 11.2.